The molecule has 2 radical (unpaired) electrons. The van der Waals surface area contributed by atoms with Gasteiger partial charge in [0.2, 0.25) is 0 Å². The third-order valence-electron chi connectivity index (χ3n) is 6.19. The summed E-state index contributed by atoms with van der Waals surface area (Å²) in [5.41, 5.74) is 5.57. The topological polar surface area (TPSA) is 74.8 Å². The van der Waals surface area contributed by atoms with Gasteiger partial charge in [-0.3, -0.25) is 19.2 Å². The molecule has 7 heteroatoms. The fourth-order valence-corrected chi connectivity index (χ4v) is 4.52. The Morgan fingerprint density at radius 3 is 1.37 bits per heavy atom. The lowest BCUT2D eigenvalue weighted by atomic mass is 9.81. The molecule has 3 aromatic carbocycles. The Labute approximate surface area is 203 Å². The summed E-state index contributed by atoms with van der Waals surface area (Å²) in [6.45, 7) is 1.99. The standard InChI is InChI=1S/C28H19BN2O4/c1-17-16-20(29)6-11-23(17)28(18-2-7-21(8-3-18)30-24(32)12-13-25(30)33)19-4-9-22(10-5-19)31-26(34)14-15-27(31)35/h2-16,28H,1H3. The Kier molecular flexibility index (Phi) is 5.53. The third-order valence-corrected chi connectivity index (χ3v) is 6.19. The molecule has 168 valence electrons. The van der Waals surface area contributed by atoms with Crippen LogP contribution in [0.3, 0.4) is 0 Å². The molecule has 0 atom stereocenters. The van der Waals surface area contributed by atoms with Gasteiger partial charge in [-0.2, -0.15) is 0 Å². The van der Waals surface area contributed by atoms with Crippen LogP contribution < -0.4 is 15.3 Å². The van der Waals surface area contributed by atoms with E-state index in [1.165, 1.54) is 24.3 Å². The van der Waals surface area contributed by atoms with Crippen molar-refractivity contribution in [2.45, 2.75) is 12.8 Å². The number of benzene rings is 3. The maximum absolute atomic E-state index is 12.1. The van der Waals surface area contributed by atoms with Gasteiger partial charge in [0.1, 0.15) is 7.85 Å². The molecule has 0 saturated heterocycles. The van der Waals surface area contributed by atoms with Gasteiger partial charge in [0, 0.05) is 30.2 Å². The summed E-state index contributed by atoms with van der Waals surface area (Å²) in [6.07, 6.45) is 5.01. The zero-order chi connectivity index (χ0) is 24.7. The second-order valence-corrected chi connectivity index (χ2v) is 8.42. The molecule has 5 rings (SSSR count). The smallest absolute Gasteiger partial charge is 0.258 e. The fraction of sp³-hybridized carbons (Fsp3) is 0.0714. The van der Waals surface area contributed by atoms with E-state index in [-0.39, 0.29) is 29.5 Å². The van der Waals surface area contributed by atoms with E-state index in [2.05, 4.69) is 0 Å². The monoisotopic (exact) mass is 458 g/mol. The molecule has 0 saturated carbocycles. The Hall–Kier alpha value is -4.52. The molecule has 0 fully saturated rings. The number of aryl methyl sites for hydroxylation is 1. The van der Waals surface area contributed by atoms with Crippen LogP contribution in [0.1, 0.15) is 28.2 Å². The summed E-state index contributed by atoms with van der Waals surface area (Å²) in [6, 6.07) is 20.3. The number of amides is 4. The molecule has 0 aliphatic carbocycles. The number of anilines is 2. The summed E-state index contributed by atoms with van der Waals surface area (Å²) >= 11 is 0. The van der Waals surface area contributed by atoms with Crippen LogP contribution in [0.15, 0.2) is 91.0 Å². The first-order valence-corrected chi connectivity index (χ1v) is 11.0. The van der Waals surface area contributed by atoms with E-state index in [0.29, 0.717) is 16.8 Å². The highest BCUT2D eigenvalue weighted by Gasteiger charge is 2.27. The maximum Gasteiger partial charge on any atom is 0.258 e. The first-order chi connectivity index (χ1) is 16.8. The Balaban J connectivity index is 1.54. The molecule has 4 amide bonds. The molecule has 6 nitrogen and oxygen atoms in total. The van der Waals surface area contributed by atoms with Gasteiger partial charge >= 0.3 is 0 Å². The zero-order valence-corrected chi connectivity index (χ0v) is 18.8. The van der Waals surface area contributed by atoms with Crippen molar-refractivity contribution in [2.24, 2.45) is 0 Å². The molecule has 35 heavy (non-hydrogen) atoms. The van der Waals surface area contributed by atoms with E-state index in [4.69, 9.17) is 7.85 Å². The third kappa shape index (κ3) is 4.01. The minimum Gasteiger partial charge on any atom is -0.269 e. The van der Waals surface area contributed by atoms with E-state index >= 15 is 0 Å². The fourth-order valence-electron chi connectivity index (χ4n) is 4.52. The summed E-state index contributed by atoms with van der Waals surface area (Å²) < 4.78 is 0. The van der Waals surface area contributed by atoms with Crippen molar-refractivity contribution >= 4 is 48.3 Å². The second-order valence-electron chi connectivity index (χ2n) is 8.42. The van der Waals surface area contributed by atoms with Crippen molar-refractivity contribution < 1.29 is 19.2 Å². The average Bonchev–Trinajstić information content (AvgIpc) is 3.36. The van der Waals surface area contributed by atoms with Crippen LogP contribution in [0.2, 0.25) is 0 Å². The molecule has 3 aromatic rings. The van der Waals surface area contributed by atoms with Crippen LogP contribution in [0.4, 0.5) is 11.4 Å². The number of carbonyl (C=O) groups is 4. The van der Waals surface area contributed by atoms with Gasteiger partial charge in [0.25, 0.3) is 23.6 Å². The van der Waals surface area contributed by atoms with E-state index in [1.807, 2.05) is 49.4 Å². The maximum atomic E-state index is 12.1. The normalized spacial score (nSPS) is 15.3. The van der Waals surface area contributed by atoms with Crippen LogP contribution >= 0.6 is 0 Å². The molecule has 0 unspecified atom stereocenters. The predicted octanol–water partition coefficient (Wildman–Crippen LogP) is 2.83. The van der Waals surface area contributed by atoms with Gasteiger partial charge in [-0.1, -0.05) is 47.9 Å². The summed E-state index contributed by atoms with van der Waals surface area (Å²) in [5, 5.41) is 0. The second kappa shape index (κ2) is 8.68. The number of hydrogen-bond donors (Lipinski definition) is 0. The zero-order valence-electron chi connectivity index (χ0n) is 18.8. The summed E-state index contributed by atoms with van der Waals surface area (Å²) in [4.78, 5) is 50.5. The summed E-state index contributed by atoms with van der Waals surface area (Å²) in [7, 11) is 5.99. The van der Waals surface area contributed by atoms with Crippen molar-refractivity contribution in [3.63, 3.8) is 0 Å². The molecule has 2 heterocycles. The van der Waals surface area contributed by atoms with Crippen LogP contribution in [0.25, 0.3) is 0 Å². The molecule has 2 aliphatic heterocycles. The molecule has 0 bridgehead atoms. The van der Waals surface area contributed by atoms with Crippen molar-refractivity contribution in [3.8, 4) is 0 Å². The Morgan fingerprint density at radius 1 is 0.600 bits per heavy atom. The number of carbonyl (C=O) groups excluding carboxylic acids is 4. The van der Waals surface area contributed by atoms with Gasteiger partial charge in [-0.15, -0.1) is 0 Å². The Bertz CT molecular complexity index is 1320. The molecule has 2 aliphatic rings. The largest absolute Gasteiger partial charge is 0.269 e. The molecule has 0 N–H and O–H groups in total. The number of imide groups is 2. The van der Waals surface area contributed by atoms with Crippen LogP contribution in [0, 0.1) is 6.92 Å². The van der Waals surface area contributed by atoms with Crippen LogP contribution in [-0.2, 0) is 19.2 Å². The SMILES string of the molecule is [B]c1ccc(C(c2ccc(N3C(=O)C=CC3=O)cc2)c2ccc(N3C(=O)C=CC3=O)cc2)c(C)c1. The minimum absolute atomic E-state index is 0.190. The van der Waals surface area contributed by atoms with Crippen LogP contribution in [0.5, 0.6) is 0 Å². The quantitative estimate of drug-likeness (QED) is 0.335. The number of nitrogens with zero attached hydrogens (tertiary/aromatic N) is 2. The average molecular weight is 458 g/mol. The van der Waals surface area contributed by atoms with Gasteiger partial charge in [0.15, 0.2) is 0 Å². The van der Waals surface area contributed by atoms with Crippen molar-refractivity contribution in [1.29, 1.82) is 0 Å². The predicted molar refractivity (Wildman–Crippen MR) is 134 cm³/mol. The lowest BCUT2D eigenvalue weighted by Gasteiger charge is -2.23. The van der Waals surface area contributed by atoms with E-state index < -0.39 is 0 Å². The van der Waals surface area contributed by atoms with Gasteiger partial charge in [-0.25, -0.2) is 9.80 Å². The van der Waals surface area contributed by atoms with Crippen LogP contribution in [-0.4, -0.2) is 31.5 Å². The molecule has 0 aromatic heterocycles. The van der Waals surface area contributed by atoms with Crippen molar-refractivity contribution in [1.82, 2.24) is 0 Å². The highest BCUT2D eigenvalue weighted by Crippen LogP contribution is 2.36. The lowest BCUT2D eigenvalue weighted by Crippen LogP contribution is -2.29. The van der Waals surface area contributed by atoms with Gasteiger partial charge < -0.3 is 0 Å². The van der Waals surface area contributed by atoms with Crippen molar-refractivity contribution in [3.05, 3.63) is 113 Å². The van der Waals surface area contributed by atoms with E-state index in [0.717, 1.165) is 32.1 Å². The van der Waals surface area contributed by atoms with Gasteiger partial charge in [0.05, 0.1) is 11.4 Å². The Morgan fingerprint density at radius 2 is 1.00 bits per heavy atom. The van der Waals surface area contributed by atoms with Gasteiger partial charge in [-0.05, 0) is 53.4 Å². The van der Waals surface area contributed by atoms with Crippen molar-refractivity contribution in [2.75, 3.05) is 9.80 Å². The minimum atomic E-state index is -0.371. The highest BCUT2D eigenvalue weighted by molar-refractivity contribution is 6.32. The molecular formula is C28H19BN2O4. The molecular weight excluding hydrogens is 439 g/mol. The van der Waals surface area contributed by atoms with E-state index in [1.54, 1.807) is 24.3 Å². The van der Waals surface area contributed by atoms with E-state index in [9.17, 15) is 19.2 Å². The number of hydrogen-bond acceptors (Lipinski definition) is 4. The first kappa shape index (κ1) is 22.3. The summed E-state index contributed by atoms with van der Waals surface area (Å²) in [5.74, 6) is -1.67. The lowest BCUT2D eigenvalue weighted by molar-refractivity contribution is -0.121. The first-order valence-electron chi connectivity index (χ1n) is 11.0. The molecule has 0 spiro atoms. The number of rotatable bonds is 5. The highest BCUT2D eigenvalue weighted by atomic mass is 16.2.